The Morgan fingerprint density at radius 2 is 1.85 bits per heavy atom. The van der Waals surface area contributed by atoms with Gasteiger partial charge in [0.15, 0.2) is 5.11 Å². The number of anilines is 1. The van der Waals surface area contributed by atoms with Gasteiger partial charge < -0.3 is 10.4 Å². The summed E-state index contributed by atoms with van der Waals surface area (Å²) in [5, 5.41) is 25.0. The molecule has 0 radical (unpaired) electrons. The van der Waals surface area contributed by atoms with Gasteiger partial charge in [-0.3, -0.25) is 20.2 Å². The molecule has 0 atom stereocenters. The molecule has 0 fully saturated rings. The number of amides is 1. The Morgan fingerprint density at radius 3 is 2.46 bits per heavy atom. The maximum absolute atomic E-state index is 12.2. The van der Waals surface area contributed by atoms with Crippen LogP contribution in [0.3, 0.4) is 0 Å². The number of nitrogens with zero attached hydrogens (tertiary/aromatic N) is 1. The third-order valence-electron chi connectivity index (χ3n) is 3.36. The third kappa shape index (κ3) is 4.52. The number of nitro benzene ring substituents is 1. The van der Waals surface area contributed by atoms with Crippen LogP contribution in [0.25, 0.3) is 0 Å². The topological polar surface area (TPSA) is 122 Å². The zero-order chi connectivity index (χ0) is 19.4. The van der Waals surface area contributed by atoms with Gasteiger partial charge in [0.05, 0.1) is 21.2 Å². The number of rotatable bonds is 4. The minimum absolute atomic E-state index is 0.0137. The second-order valence-electron chi connectivity index (χ2n) is 5.17. The van der Waals surface area contributed by atoms with Gasteiger partial charge in [0.1, 0.15) is 0 Å². The number of carboxylic acids is 1. The van der Waals surface area contributed by atoms with Crippen LogP contribution in [0.5, 0.6) is 0 Å². The summed E-state index contributed by atoms with van der Waals surface area (Å²) < 4.78 is 0. The van der Waals surface area contributed by atoms with E-state index >= 15 is 0 Å². The smallest absolute Gasteiger partial charge is 0.335 e. The molecular weight excluding hydrogens is 382 g/mol. The molecule has 3 N–H and O–H groups in total. The van der Waals surface area contributed by atoms with E-state index in [0.29, 0.717) is 5.56 Å². The molecular formula is C16H12ClN3O5S. The highest BCUT2D eigenvalue weighted by Gasteiger charge is 2.16. The van der Waals surface area contributed by atoms with Crippen molar-refractivity contribution in [3.05, 3.63) is 68.2 Å². The number of aromatic carboxylic acids is 1. The first kappa shape index (κ1) is 19.3. The number of nitro groups is 1. The molecule has 0 aliphatic carbocycles. The highest BCUT2D eigenvalue weighted by molar-refractivity contribution is 7.80. The van der Waals surface area contributed by atoms with Crippen molar-refractivity contribution in [3.63, 3.8) is 0 Å². The average molecular weight is 394 g/mol. The molecule has 0 saturated carbocycles. The van der Waals surface area contributed by atoms with Gasteiger partial charge in [0.2, 0.25) is 0 Å². The fraction of sp³-hybridized carbons (Fsp3) is 0.0625. The average Bonchev–Trinajstić information content (AvgIpc) is 2.56. The van der Waals surface area contributed by atoms with Crippen LogP contribution in [0.4, 0.5) is 11.4 Å². The van der Waals surface area contributed by atoms with Gasteiger partial charge >= 0.3 is 5.97 Å². The second kappa shape index (κ2) is 7.89. The lowest BCUT2D eigenvalue weighted by molar-refractivity contribution is -0.385. The fourth-order valence-corrected chi connectivity index (χ4v) is 2.40. The molecule has 0 aliphatic heterocycles. The molecule has 8 nitrogen and oxygen atoms in total. The molecule has 0 aliphatic rings. The van der Waals surface area contributed by atoms with Crippen molar-refractivity contribution in [1.82, 2.24) is 5.32 Å². The molecule has 0 aromatic heterocycles. The van der Waals surface area contributed by atoms with Crippen LogP contribution in [0.1, 0.15) is 26.3 Å². The Labute approximate surface area is 157 Å². The maximum atomic E-state index is 12.2. The van der Waals surface area contributed by atoms with Gasteiger partial charge in [-0.1, -0.05) is 17.7 Å². The minimum atomic E-state index is -1.15. The summed E-state index contributed by atoms with van der Waals surface area (Å²) in [7, 11) is 0. The summed E-state index contributed by atoms with van der Waals surface area (Å²) in [6.07, 6.45) is 0. The van der Waals surface area contributed by atoms with E-state index in [-0.39, 0.29) is 32.6 Å². The van der Waals surface area contributed by atoms with Crippen LogP contribution in [0.2, 0.25) is 5.02 Å². The summed E-state index contributed by atoms with van der Waals surface area (Å²) in [5.41, 5.74) is 0.474. The molecule has 10 heteroatoms. The van der Waals surface area contributed by atoms with Crippen LogP contribution in [0, 0.1) is 17.0 Å². The number of carbonyl (C=O) groups excluding carboxylic acids is 1. The summed E-state index contributed by atoms with van der Waals surface area (Å²) >= 11 is 11.0. The van der Waals surface area contributed by atoms with Crippen LogP contribution in [-0.4, -0.2) is 27.0 Å². The number of carboxylic acid groups (broad SMARTS) is 1. The predicted octanol–water partition coefficient (Wildman–Crippen LogP) is 3.38. The van der Waals surface area contributed by atoms with Crippen molar-refractivity contribution in [1.29, 1.82) is 0 Å². The summed E-state index contributed by atoms with van der Waals surface area (Å²) in [5.74, 6) is -1.80. The lowest BCUT2D eigenvalue weighted by Gasteiger charge is -2.11. The highest BCUT2D eigenvalue weighted by Crippen LogP contribution is 2.23. The molecule has 1 amide bonds. The van der Waals surface area contributed by atoms with Crippen molar-refractivity contribution < 1.29 is 19.6 Å². The van der Waals surface area contributed by atoms with Crippen LogP contribution >= 0.6 is 23.8 Å². The van der Waals surface area contributed by atoms with E-state index in [2.05, 4.69) is 10.6 Å². The van der Waals surface area contributed by atoms with Gasteiger partial charge in [-0.05, 0) is 43.4 Å². The molecule has 26 heavy (non-hydrogen) atoms. The number of thiocarbonyl (C=S) groups is 1. The largest absolute Gasteiger partial charge is 0.478 e. The first-order valence-corrected chi connectivity index (χ1v) is 7.88. The molecule has 0 heterocycles. The monoisotopic (exact) mass is 393 g/mol. The number of benzene rings is 2. The Morgan fingerprint density at radius 1 is 1.19 bits per heavy atom. The first-order chi connectivity index (χ1) is 12.2. The quantitative estimate of drug-likeness (QED) is 0.413. The van der Waals surface area contributed by atoms with Crippen LogP contribution in [-0.2, 0) is 0 Å². The van der Waals surface area contributed by atoms with E-state index in [4.69, 9.17) is 28.9 Å². The van der Waals surface area contributed by atoms with E-state index in [9.17, 15) is 19.7 Å². The Bertz CT molecular complexity index is 932. The number of aryl methyl sites for hydroxylation is 1. The third-order valence-corrected chi connectivity index (χ3v) is 3.89. The van der Waals surface area contributed by atoms with Gasteiger partial charge in [-0.25, -0.2) is 4.79 Å². The lowest BCUT2D eigenvalue weighted by Crippen LogP contribution is -2.34. The second-order valence-corrected chi connectivity index (χ2v) is 5.98. The Kier molecular flexibility index (Phi) is 5.86. The summed E-state index contributed by atoms with van der Waals surface area (Å²) in [6, 6.07) is 7.99. The number of hydrogen-bond donors (Lipinski definition) is 3. The molecule has 2 rings (SSSR count). The van der Waals surface area contributed by atoms with Crippen LogP contribution in [0.15, 0.2) is 36.4 Å². The molecule has 134 valence electrons. The van der Waals surface area contributed by atoms with Crippen LogP contribution < -0.4 is 10.6 Å². The van der Waals surface area contributed by atoms with Gasteiger partial charge in [0, 0.05) is 17.2 Å². The number of nitrogens with one attached hydrogen (secondary N) is 2. The van der Waals surface area contributed by atoms with E-state index < -0.39 is 16.8 Å². The van der Waals surface area contributed by atoms with Crippen molar-refractivity contribution in [2.24, 2.45) is 0 Å². The van der Waals surface area contributed by atoms with Gasteiger partial charge in [0.25, 0.3) is 11.6 Å². The molecule has 2 aromatic rings. The normalized spacial score (nSPS) is 10.1. The van der Waals surface area contributed by atoms with Gasteiger partial charge in [-0.2, -0.15) is 0 Å². The standard InChI is InChI=1S/C16H12ClN3O5S/c1-8-2-3-9(7-13(8)20(24)25)14(21)19-16(26)18-12-6-10(15(22)23)4-5-11(12)17/h2-7H,1H3,(H,22,23)(H2,18,19,21,26). The maximum Gasteiger partial charge on any atom is 0.335 e. The van der Waals surface area contributed by atoms with E-state index in [1.165, 1.54) is 30.3 Å². The summed E-state index contributed by atoms with van der Waals surface area (Å²) in [4.78, 5) is 33.6. The zero-order valence-corrected chi connectivity index (χ0v) is 14.9. The van der Waals surface area contributed by atoms with Crippen molar-refractivity contribution in [2.45, 2.75) is 6.92 Å². The SMILES string of the molecule is Cc1ccc(C(=O)NC(=S)Nc2cc(C(=O)O)ccc2Cl)cc1[N+](=O)[O-]. The first-order valence-electron chi connectivity index (χ1n) is 7.09. The lowest BCUT2D eigenvalue weighted by atomic mass is 10.1. The summed E-state index contributed by atoms with van der Waals surface area (Å²) in [6.45, 7) is 1.56. The molecule has 0 unspecified atom stereocenters. The number of hydrogen-bond acceptors (Lipinski definition) is 5. The molecule has 0 spiro atoms. The highest BCUT2D eigenvalue weighted by atomic mass is 35.5. The van der Waals surface area contributed by atoms with E-state index in [1.54, 1.807) is 6.92 Å². The van der Waals surface area contributed by atoms with E-state index in [0.717, 1.165) is 6.07 Å². The fourth-order valence-electron chi connectivity index (χ4n) is 2.03. The number of carbonyl (C=O) groups is 2. The van der Waals surface area contributed by atoms with E-state index in [1.807, 2.05) is 0 Å². The minimum Gasteiger partial charge on any atom is -0.478 e. The Hall–Kier alpha value is -3.04. The van der Waals surface area contributed by atoms with Crippen molar-refractivity contribution in [2.75, 3.05) is 5.32 Å². The zero-order valence-electron chi connectivity index (χ0n) is 13.3. The Balaban J connectivity index is 2.14. The van der Waals surface area contributed by atoms with Crippen molar-refractivity contribution >= 4 is 52.2 Å². The predicted molar refractivity (Wildman–Crippen MR) is 99.9 cm³/mol. The molecule has 2 aromatic carbocycles. The van der Waals surface area contributed by atoms with Crippen molar-refractivity contribution in [3.8, 4) is 0 Å². The van der Waals surface area contributed by atoms with Gasteiger partial charge in [-0.15, -0.1) is 0 Å². The molecule has 0 bridgehead atoms. The number of halogens is 1. The molecule has 0 saturated heterocycles.